The van der Waals surface area contributed by atoms with Crippen LogP contribution in [-0.4, -0.2) is 16.0 Å². The molecule has 1 aromatic rings. The van der Waals surface area contributed by atoms with E-state index < -0.39 is 10.9 Å². The van der Waals surface area contributed by atoms with Gasteiger partial charge in [0.25, 0.3) is 5.69 Å². The van der Waals surface area contributed by atoms with Crippen molar-refractivity contribution >= 4 is 33.7 Å². The monoisotopic (exact) mass is 271 g/mol. The predicted octanol–water partition coefficient (Wildman–Crippen LogP) is 2.46. The fourth-order valence-electron chi connectivity index (χ4n) is 0.968. The predicted molar refractivity (Wildman–Crippen MR) is 57.5 cm³/mol. The molecular formula is C9H6BrNO4. The van der Waals surface area contributed by atoms with Crippen LogP contribution in [0.4, 0.5) is 5.69 Å². The van der Waals surface area contributed by atoms with Crippen LogP contribution in [-0.2, 0) is 4.79 Å². The third-order valence-electron chi connectivity index (χ3n) is 1.61. The summed E-state index contributed by atoms with van der Waals surface area (Å²) >= 11 is 3.05. The van der Waals surface area contributed by atoms with Crippen molar-refractivity contribution in [3.63, 3.8) is 0 Å². The molecule has 0 aliphatic heterocycles. The van der Waals surface area contributed by atoms with Crippen LogP contribution in [0.3, 0.4) is 0 Å². The highest BCUT2D eigenvalue weighted by molar-refractivity contribution is 9.10. The smallest absolute Gasteiger partial charge is 0.328 e. The summed E-state index contributed by atoms with van der Waals surface area (Å²) in [6.45, 7) is 0. The number of hydrogen-bond acceptors (Lipinski definition) is 3. The maximum absolute atomic E-state index is 10.5. The standard InChI is InChI=1S/C9H6BrNO4/c10-9-6(4-5-8(12)13)2-1-3-7(9)11(14)15/h1-5H,(H,12,13)/b5-4+. The van der Waals surface area contributed by atoms with Crippen LogP contribution in [0.5, 0.6) is 0 Å². The van der Waals surface area contributed by atoms with Gasteiger partial charge in [0, 0.05) is 12.1 Å². The van der Waals surface area contributed by atoms with Gasteiger partial charge in [0.2, 0.25) is 0 Å². The lowest BCUT2D eigenvalue weighted by Crippen LogP contribution is -1.91. The largest absolute Gasteiger partial charge is 0.478 e. The molecule has 0 unspecified atom stereocenters. The summed E-state index contributed by atoms with van der Waals surface area (Å²) in [7, 11) is 0. The molecule has 0 aliphatic rings. The highest BCUT2D eigenvalue weighted by atomic mass is 79.9. The lowest BCUT2D eigenvalue weighted by molar-refractivity contribution is -0.385. The molecule has 15 heavy (non-hydrogen) atoms. The number of carboxylic acid groups (broad SMARTS) is 1. The van der Waals surface area contributed by atoms with E-state index >= 15 is 0 Å². The summed E-state index contributed by atoms with van der Waals surface area (Å²) in [6, 6.07) is 4.41. The van der Waals surface area contributed by atoms with Gasteiger partial charge in [0.15, 0.2) is 0 Å². The first kappa shape index (κ1) is 11.4. The van der Waals surface area contributed by atoms with Crippen LogP contribution in [0.15, 0.2) is 28.7 Å². The Kier molecular flexibility index (Phi) is 3.56. The highest BCUT2D eigenvalue weighted by Crippen LogP contribution is 2.28. The zero-order valence-corrected chi connectivity index (χ0v) is 8.97. The fraction of sp³-hybridized carbons (Fsp3) is 0. The number of benzene rings is 1. The Bertz CT molecular complexity index is 442. The van der Waals surface area contributed by atoms with Gasteiger partial charge in [0.05, 0.1) is 4.92 Å². The minimum atomic E-state index is -1.10. The number of aliphatic carboxylic acids is 1. The van der Waals surface area contributed by atoms with Crippen molar-refractivity contribution < 1.29 is 14.8 Å². The van der Waals surface area contributed by atoms with Gasteiger partial charge in [-0.25, -0.2) is 4.79 Å². The Morgan fingerprint density at radius 1 is 1.53 bits per heavy atom. The van der Waals surface area contributed by atoms with E-state index in [0.29, 0.717) is 5.56 Å². The van der Waals surface area contributed by atoms with E-state index in [9.17, 15) is 14.9 Å². The molecular weight excluding hydrogens is 266 g/mol. The minimum Gasteiger partial charge on any atom is -0.478 e. The van der Waals surface area contributed by atoms with E-state index in [1.54, 1.807) is 6.07 Å². The zero-order valence-electron chi connectivity index (χ0n) is 7.38. The first-order valence-corrected chi connectivity index (χ1v) is 4.65. The van der Waals surface area contributed by atoms with Crippen molar-refractivity contribution in [1.29, 1.82) is 0 Å². The summed E-state index contributed by atoms with van der Waals surface area (Å²) < 4.78 is 0.271. The minimum absolute atomic E-state index is 0.0949. The molecule has 0 heterocycles. The molecule has 0 saturated heterocycles. The van der Waals surface area contributed by atoms with Crippen LogP contribution in [0, 0.1) is 10.1 Å². The molecule has 6 heteroatoms. The molecule has 1 N–H and O–H groups in total. The lowest BCUT2D eigenvalue weighted by atomic mass is 10.2. The Hall–Kier alpha value is -1.69. The van der Waals surface area contributed by atoms with Crippen LogP contribution in [0.1, 0.15) is 5.56 Å². The van der Waals surface area contributed by atoms with Crippen LogP contribution in [0.2, 0.25) is 0 Å². The number of nitro benzene ring substituents is 1. The zero-order chi connectivity index (χ0) is 11.4. The molecule has 0 spiro atoms. The SMILES string of the molecule is O=C(O)/C=C/c1cccc([N+](=O)[O-])c1Br. The van der Waals surface area contributed by atoms with Gasteiger partial charge in [-0.05, 0) is 27.6 Å². The van der Waals surface area contributed by atoms with E-state index in [-0.39, 0.29) is 10.2 Å². The fourth-order valence-corrected chi connectivity index (χ4v) is 1.51. The van der Waals surface area contributed by atoms with E-state index in [0.717, 1.165) is 6.08 Å². The highest BCUT2D eigenvalue weighted by Gasteiger charge is 2.13. The Morgan fingerprint density at radius 3 is 2.73 bits per heavy atom. The number of hydrogen-bond donors (Lipinski definition) is 1. The van der Waals surface area contributed by atoms with Gasteiger partial charge < -0.3 is 5.11 Å². The number of rotatable bonds is 3. The summed E-state index contributed by atoms with van der Waals surface area (Å²) in [5, 5.41) is 19.0. The number of halogens is 1. The second kappa shape index (κ2) is 4.70. The normalized spacial score (nSPS) is 10.5. The molecule has 0 saturated carbocycles. The molecule has 0 bridgehead atoms. The van der Waals surface area contributed by atoms with Crippen molar-refractivity contribution in [2.45, 2.75) is 0 Å². The van der Waals surface area contributed by atoms with Gasteiger partial charge in [0.1, 0.15) is 4.47 Å². The van der Waals surface area contributed by atoms with Crippen molar-refractivity contribution in [3.05, 3.63) is 44.4 Å². The Labute approximate surface area is 93.3 Å². The molecule has 5 nitrogen and oxygen atoms in total. The van der Waals surface area contributed by atoms with E-state index in [1.165, 1.54) is 18.2 Å². The van der Waals surface area contributed by atoms with E-state index in [2.05, 4.69) is 15.9 Å². The molecule has 0 radical (unpaired) electrons. The van der Waals surface area contributed by atoms with Gasteiger partial charge in [-0.1, -0.05) is 12.1 Å². The molecule has 78 valence electrons. The van der Waals surface area contributed by atoms with Crippen molar-refractivity contribution in [2.24, 2.45) is 0 Å². The second-order valence-corrected chi connectivity index (χ2v) is 3.40. The average Bonchev–Trinajstić information content (AvgIpc) is 2.15. The summed E-state index contributed by atoms with van der Waals surface area (Å²) in [6.07, 6.45) is 2.21. The van der Waals surface area contributed by atoms with Crippen LogP contribution >= 0.6 is 15.9 Å². The quantitative estimate of drug-likeness (QED) is 0.520. The summed E-state index contributed by atoms with van der Waals surface area (Å²) in [4.78, 5) is 20.3. The van der Waals surface area contributed by atoms with Crippen LogP contribution < -0.4 is 0 Å². The van der Waals surface area contributed by atoms with E-state index in [4.69, 9.17) is 5.11 Å². The maximum Gasteiger partial charge on any atom is 0.328 e. The van der Waals surface area contributed by atoms with Gasteiger partial charge in [-0.15, -0.1) is 0 Å². The van der Waals surface area contributed by atoms with Gasteiger partial charge in [-0.3, -0.25) is 10.1 Å². The van der Waals surface area contributed by atoms with Gasteiger partial charge in [-0.2, -0.15) is 0 Å². The lowest BCUT2D eigenvalue weighted by Gasteiger charge is -1.98. The second-order valence-electron chi connectivity index (χ2n) is 2.61. The number of carbonyl (C=O) groups is 1. The number of carboxylic acids is 1. The topological polar surface area (TPSA) is 80.4 Å². The number of nitrogens with zero attached hydrogens (tertiary/aromatic N) is 1. The van der Waals surface area contributed by atoms with Crippen molar-refractivity contribution in [3.8, 4) is 0 Å². The Morgan fingerprint density at radius 2 is 2.20 bits per heavy atom. The third kappa shape index (κ3) is 2.88. The third-order valence-corrected chi connectivity index (χ3v) is 2.47. The molecule has 0 aromatic heterocycles. The average molecular weight is 272 g/mol. The maximum atomic E-state index is 10.5. The first-order chi connectivity index (χ1) is 7.02. The van der Waals surface area contributed by atoms with Gasteiger partial charge >= 0.3 is 5.97 Å². The molecule has 1 aromatic carbocycles. The molecule has 1 rings (SSSR count). The summed E-state index contributed by atoms with van der Waals surface area (Å²) in [5.74, 6) is -1.10. The van der Waals surface area contributed by atoms with Crippen molar-refractivity contribution in [1.82, 2.24) is 0 Å². The molecule has 0 fully saturated rings. The first-order valence-electron chi connectivity index (χ1n) is 3.86. The summed E-state index contributed by atoms with van der Waals surface area (Å²) in [5.41, 5.74) is 0.356. The number of nitro groups is 1. The molecule has 0 aliphatic carbocycles. The molecule has 0 atom stereocenters. The molecule has 0 amide bonds. The van der Waals surface area contributed by atoms with E-state index in [1.807, 2.05) is 0 Å². The van der Waals surface area contributed by atoms with Crippen molar-refractivity contribution in [2.75, 3.05) is 0 Å². The Balaban J connectivity index is 3.15. The van der Waals surface area contributed by atoms with Crippen LogP contribution in [0.25, 0.3) is 6.08 Å².